The maximum Gasteiger partial charge on any atom is 0.433 e. The van der Waals surface area contributed by atoms with E-state index >= 15 is 0 Å². The largest absolute Gasteiger partial charge is 0.491 e. The summed E-state index contributed by atoms with van der Waals surface area (Å²) in [7, 11) is -4.83. The van der Waals surface area contributed by atoms with Crippen LogP contribution >= 0.6 is 0 Å². The maximum atomic E-state index is 12.9. The zero-order chi connectivity index (χ0) is 22.1. The molecule has 0 aliphatic carbocycles. The van der Waals surface area contributed by atoms with Crippen molar-refractivity contribution in [2.75, 3.05) is 24.4 Å². The normalized spacial score (nSPS) is 13.5. The van der Waals surface area contributed by atoms with E-state index in [0.717, 1.165) is 12.4 Å². The lowest BCUT2D eigenvalue weighted by molar-refractivity contribution is -0.141. The first-order valence-electron chi connectivity index (χ1n) is 8.59. The van der Waals surface area contributed by atoms with Gasteiger partial charge in [0, 0.05) is 35.4 Å². The Kier molecular flexibility index (Phi) is 6.13. The number of nitrogens with zero attached hydrogens (tertiary/aromatic N) is 4. The lowest BCUT2D eigenvalue weighted by Crippen LogP contribution is -2.10. The van der Waals surface area contributed by atoms with Crippen LogP contribution < -0.4 is 4.74 Å². The third-order valence-electron chi connectivity index (χ3n) is 4.06. The lowest BCUT2D eigenvalue weighted by Gasteiger charge is -2.10. The van der Waals surface area contributed by atoms with E-state index in [1.54, 1.807) is 0 Å². The number of aromatic nitrogens is 4. The molecule has 8 nitrogen and oxygen atoms in total. The molecule has 0 saturated carbocycles. The molecule has 162 valence electrons. The fourth-order valence-electron chi connectivity index (χ4n) is 2.53. The van der Waals surface area contributed by atoms with Gasteiger partial charge in [-0.1, -0.05) is 6.92 Å². The van der Waals surface area contributed by atoms with Crippen LogP contribution in [0, 0.1) is 0 Å². The summed E-state index contributed by atoms with van der Waals surface area (Å²) in [5, 5.41) is 0. The fourth-order valence-corrected chi connectivity index (χ4v) is 3.90. The fraction of sp³-hybridized carbons (Fsp3) is 0.353. The number of halogens is 3. The molecule has 0 saturated heterocycles. The van der Waals surface area contributed by atoms with Crippen molar-refractivity contribution >= 4 is 26.3 Å². The van der Waals surface area contributed by atoms with E-state index in [9.17, 15) is 25.8 Å². The molecule has 0 radical (unpaired) electrons. The van der Waals surface area contributed by atoms with Crippen molar-refractivity contribution in [2.45, 2.75) is 18.0 Å². The quantitative estimate of drug-likeness (QED) is 0.531. The Labute approximate surface area is 172 Å². The van der Waals surface area contributed by atoms with Crippen molar-refractivity contribution in [3.63, 3.8) is 0 Å². The van der Waals surface area contributed by atoms with Gasteiger partial charge in [0.2, 0.25) is 0 Å². The van der Waals surface area contributed by atoms with Crippen LogP contribution in [-0.2, 0) is 26.8 Å². The first kappa shape index (κ1) is 22.2. The van der Waals surface area contributed by atoms with Crippen LogP contribution in [0.25, 0.3) is 17.0 Å². The van der Waals surface area contributed by atoms with Crippen molar-refractivity contribution < 1.29 is 30.5 Å². The lowest BCUT2D eigenvalue weighted by atomic mass is 10.3. The maximum absolute atomic E-state index is 12.9. The molecule has 0 spiro atoms. The molecule has 30 heavy (non-hydrogen) atoms. The Morgan fingerprint density at radius 1 is 1.23 bits per heavy atom. The van der Waals surface area contributed by atoms with E-state index < -0.39 is 32.5 Å². The molecule has 0 aromatic carbocycles. The molecule has 3 heterocycles. The van der Waals surface area contributed by atoms with Crippen molar-refractivity contribution in [3.8, 4) is 17.1 Å². The van der Waals surface area contributed by atoms with Gasteiger partial charge in [-0.05, 0) is 0 Å². The Hall–Kier alpha value is -2.54. The van der Waals surface area contributed by atoms with Gasteiger partial charge in [0.15, 0.2) is 9.84 Å². The molecular weight excluding hydrogens is 445 g/mol. The molecule has 0 N–H and O–H groups in total. The Morgan fingerprint density at radius 2 is 1.97 bits per heavy atom. The molecular formula is C17H17F3N4O4S2. The summed E-state index contributed by atoms with van der Waals surface area (Å²) in [4.78, 5) is 11.4. The highest BCUT2D eigenvalue weighted by molar-refractivity contribution is 7.91. The van der Waals surface area contributed by atoms with E-state index in [4.69, 9.17) is 4.74 Å². The first-order chi connectivity index (χ1) is 14.0. The predicted octanol–water partition coefficient (Wildman–Crippen LogP) is 2.36. The smallest absolute Gasteiger partial charge is 0.433 e. The monoisotopic (exact) mass is 462 g/mol. The van der Waals surface area contributed by atoms with Crippen LogP contribution in [0.4, 0.5) is 13.2 Å². The van der Waals surface area contributed by atoms with Gasteiger partial charge < -0.3 is 4.74 Å². The van der Waals surface area contributed by atoms with E-state index in [-0.39, 0.29) is 45.8 Å². The van der Waals surface area contributed by atoms with Gasteiger partial charge in [0.05, 0.1) is 29.2 Å². The molecule has 13 heteroatoms. The summed E-state index contributed by atoms with van der Waals surface area (Å²) >= 11 is 0. The number of fused-ring (bicyclic) bond motifs is 1. The molecule has 3 aromatic rings. The summed E-state index contributed by atoms with van der Waals surface area (Å²) in [5.74, 6) is 0.205. The molecule has 0 aliphatic heterocycles. The van der Waals surface area contributed by atoms with Crippen LogP contribution in [0.5, 0.6) is 5.75 Å². The second-order valence-corrected chi connectivity index (χ2v) is 10.0. The molecule has 0 bridgehead atoms. The molecule has 0 amide bonds. The van der Waals surface area contributed by atoms with Crippen molar-refractivity contribution in [2.24, 2.45) is 0 Å². The second kappa shape index (κ2) is 8.30. The Morgan fingerprint density at radius 3 is 2.60 bits per heavy atom. The number of alkyl halides is 3. The van der Waals surface area contributed by atoms with E-state index in [2.05, 4.69) is 15.0 Å². The molecule has 1 unspecified atom stereocenters. The van der Waals surface area contributed by atoms with Crippen molar-refractivity contribution in [3.05, 3.63) is 36.5 Å². The van der Waals surface area contributed by atoms with Crippen LogP contribution in [0.1, 0.15) is 12.6 Å². The van der Waals surface area contributed by atoms with Crippen LogP contribution in [0.2, 0.25) is 0 Å². The van der Waals surface area contributed by atoms with Crippen molar-refractivity contribution in [1.29, 1.82) is 0 Å². The number of hydrogen-bond acceptors (Lipinski definition) is 7. The number of pyridine rings is 1. The molecule has 0 fully saturated rings. The zero-order valence-corrected chi connectivity index (χ0v) is 17.5. The highest BCUT2D eigenvalue weighted by atomic mass is 32.2. The van der Waals surface area contributed by atoms with Crippen LogP contribution in [0.15, 0.2) is 35.7 Å². The van der Waals surface area contributed by atoms with E-state index in [0.29, 0.717) is 0 Å². The third-order valence-corrected chi connectivity index (χ3v) is 6.55. The topological polar surface area (TPSA) is 104 Å². The number of ether oxygens (including phenoxy) is 1. The minimum absolute atomic E-state index is 0.0134. The average molecular weight is 462 g/mol. The number of sulfone groups is 1. The highest BCUT2D eigenvalue weighted by Crippen LogP contribution is 2.31. The van der Waals surface area contributed by atoms with Gasteiger partial charge in [-0.25, -0.2) is 23.4 Å². The SMILES string of the molecule is CCS(=O)(=O)c1cc(OCCS(C)=O)cnc1-c1cn2cnc(C(F)(F)F)cc2n1. The summed E-state index contributed by atoms with van der Waals surface area (Å²) in [6.45, 7) is 1.56. The van der Waals surface area contributed by atoms with Crippen LogP contribution in [-0.4, -0.2) is 56.3 Å². The minimum Gasteiger partial charge on any atom is -0.491 e. The summed E-state index contributed by atoms with van der Waals surface area (Å²) < 4.78 is 81.6. The number of hydrogen-bond donors (Lipinski definition) is 0. The highest BCUT2D eigenvalue weighted by Gasteiger charge is 2.33. The van der Waals surface area contributed by atoms with Gasteiger partial charge in [-0.3, -0.25) is 8.61 Å². The molecule has 3 aromatic heterocycles. The Balaban J connectivity index is 2.07. The van der Waals surface area contributed by atoms with Gasteiger partial charge in [0.1, 0.15) is 34.8 Å². The van der Waals surface area contributed by atoms with Gasteiger partial charge >= 0.3 is 6.18 Å². The van der Waals surface area contributed by atoms with E-state index in [1.165, 1.54) is 36.0 Å². The number of imidazole rings is 1. The predicted molar refractivity (Wildman–Crippen MR) is 103 cm³/mol. The number of rotatable bonds is 7. The standard InChI is InChI=1S/C17H17F3N4O4S2/c1-3-30(26,27)13-6-11(28-4-5-29(2)25)8-21-16(13)12-9-24-10-22-14(17(18,19)20)7-15(24)23-12/h6-10H,3-5H2,1-2H3. The van der Waals surface area contributed by atoms with Gasteiger partial charge in [-0.15, -0.1) is 0 Å². The Bertz CT molecular complexity index is 1210. The van der Waals surface area contributed by atoms with Crippen molar-refractivity contribution in [1.82, 2.24) is 19.4 Å². The minimum atomic E-state index is -4.63. The third kappa shape index (κ3) is 4.78. The molecule has 1 atom stereocenters. The van der Waals surface area contributed by atoms with Gasteiger partial charge in [-0.2, -0.15) is 13.2 Å². The summed E-state index contributed by atoms with van der Waals surface area (Å²) in [6, 6.07) is 2.04. The molecule has 3 rings (SSSR count). The zero-order valence-electron chi connectivity index (χ0n) is 15.9. The molecule has 0 aliphatic rings. The summed E-state index contributed by atoms with van der Waals surface area (Å²) in [5.41, 5.74) is -1.11. The average Bonchev–Trinajstić information content (AvgIpc) is 3.10. The second-order valence-electron chi connectivity index (χ2n) is 6.21. The first-order valence-corrected chi connectivity index (χ1v) is 12.0. The summed E-state index contributed by atoms with van der Waals surface area (Å²) in [6.07, 6.45) is 0.460. The van der Waals surface area contributed by atoms with Crippen LogP contribution in [0.3, 0.4) is 0 Å². The van der Waals surface area contributed by atoms with E-state index in [1.807, 2.05) is 0 Å². The van der Waals surface area contributed by atoms with Gasteiger partial charge in [0.25, 0.3) is 0 Å².